The summed E-state index contributed by atoms with van der Waals surface area (Å²) in [5.41, 5.74) is -1.34. The highest BCUT2D eigenvalue weighted by atomic mass is 19.4. The van der Waals surface area contributed by atoms with Gasteiger partial charge in [-0.2, -0.15) is 13.2 Å². The second kappa shape index (κ2) is 6.78. The van der Waals surface area contributed by atoms with E-state index >= 15 is 0 Å². The number of carbonyl (C=O) groups is 2. The molecule has 0 radical (unpaired) electrons. The van der Waals surface area contributed by atoms with Gasteiger partial charge >= 0.3 is 6.18 Å². The zero-order chi connectivity index (χ0) is 18.1. The van der Waals surface area contributed by atoms with Gasteiger partial charge < -0.3 is 10.2 Å². The predicted octanol–water partition coefficient (Wildman–Crippen LogP) is 2.72. The summed E-state index contributed by atoms with van der Waals surface area (Å²) < 4.78 is 52.0. The van der Waals surface area contributed by atoms with Crippen LogP contribution in [0.5, 0.6) is 0 Å². The molecule has 132 valence electrons. The highest BCUT2D eigenvalue weighted by Crippen LogP contribution is 2.32. The van der Waals surface area contributed by atoms with Crippen LogP contribution in [0.4, 0.5) is 17.6 Å². The van der Waals surface area contributed by atoms with Crippen LogP contribution in [0, 0.1) is 11.7 Å². The highest BCUT2D eigenvalue weighted by molar-refractivity contribution is 5.89. The maximum atomic E-state index is 13.2. The van der Waals surface area contributed by atoms with Gasteiger partial charge in [0.15, 0.2) is 0 Å². The monoisotopic (exact) mass is 346 g/mol. The van der Waals surface area contributed by atoms with Crippen molar-refractivity contribution in [3.8, 4) is 0 Å². The van der Waals surface area contributed by atoms with Crippen LogP contribution in [-0.4, -0.2) is 29.3 Å². The predicted molar refractivity (Wildman–Crippen MR) is 78.2 cm³/mol. The van der Waals surface area contributed by atoms with Crippen molar-refractivity contribution in [3.63, 3.8) is 0 Å². The van der Waals surface area contributed by atoms with Gasteiger partial charge in [-0.25, -0.2) is 4.39 Å². The Morgan fingerprint density at radius 2 is 2.04 bits per heavy atom. The number of nitrogens with zero attached hydrogens (tertiary/aromatic N) is 1. The highest BCUT2D eigenvalue weighted by Gasteiger charge is 2.36. The number of alkyl halides is 3. The van der Waals surface area contributed by atoms with Gasteiger partial charge in [0.2, 0.25) is 11.8 Å². The van der Waals surface area contributed by atoms with E-state index in [9.17, 15) is 27.2 Å². The van der Waals surface area contributed by atoms with Crippen molar-refractivity contribution in [2.24, 2.45) is 5.92 Å². The molecule has 4 nitrogen and oxygen atoms in total. The molecule has 1 heterocycles. The molecule has 1 fully saturated rings. The summed E-state index contributed by atoms with van der Waals surface area (Å²) >= 11 is 0. The Morgan fingerprint density at radius 3 is 2.58 bits per heavy atom. The summed E-state index contributed by atoms with van der Waals surface area (Å²) in [5.74, 6) is -2.09. The number of likely N-dealkylation sites (tertiary alicyclic amines) is 1. The van der Waals surface area contributed by atoms with Gasteiger partial charge in [-0.05, 0) is 37.6 Å². The van der Waals surface area contributed by atoms with Gasteiger partial charge in [-0.15, -0.1) is 0 Å². The number of hydrogen-bond donors (Lipinski definition) is 1. The van der Waals surface area contributed by atoms with Gasteiger partial charge in [-0.3, -0.25) is 9.59 Å². The molecule has 24 heavy (non-hydrogen) atoms. The molecule has 1 aromatic carbocycles. The first-order valence-corrected chi connectivity index (χ1v) is 7.52. The van der Waals surface area contributed by atoms with E-state index in [0.29, 0.717) is 6.07 Å². The van der Waals surface area contributed by atoms with E-state index in [1.807, 2.05) is 13.8 Å². The molecule has 1 aliphatic heterocycles. The maximum Gasteiger partial charge on any atom is 0.416 e. The lowest BCUT2D eigenvalue weighted by Crippen LogP contribution is -2.35. The molecule has 1 saturated heterocycles. The Kier molecular flexibility index (Phi) is 5.15. The van der Waals surface area contributed by atoms with E-state index in [0.717, 1.165) is 12.1 Å². The molecule has 1 aliphatic rings. The van der Waals surface area contributed by atoms with Crippen LogP contribution in [0.15, 0.2) is 18.2 Å². The summed E-state index contributed by atoms with van der Waals surface area (Å²) in [6, 6.07) is 2.08. The Bertz CT molecular complexity index is 643. The van der Waals surface area contributed by atoms with E-state index in [2.05, 4.69) is 5.32 Å². The van der Waals surface area contributed by atoms with Crippen molar-refractivity contribution in [2.75, 3.05) is 6.54 Å². The summed E-state index contributed by atoms with van der Waals surface area (Å²) in [7, 11) is 0. The quantitative estimate of drug-likeness (QED) is 0.853. The zero-order valence-corrected chi connectivity index (χ0v) is 13.3. The van der Waals surface area contributed by atoms with Crippen molar-refractivity contribution in [1.29, 1.82) is 0 Å². The second-order valence-corrected chi connectivity index (χ2v) is 6.06. The molecule has 0 saturated carbocycles. The third kappa shape index (κ3) is 4.04. The average Bonchev–Trinajstić information content (AvgIpc) is 2.85. The molecular formula is C16H18F4N2O2. The van der Waals surface area contributed by atoms with Crippen LogP contribution in [0.1, 0.15) is 31.4 Å². The molecule has 0 aliphatic carbocycles. The summed E-state index contributed by atoms with van der Waals surface area (Å²) in [5, 5.41) is 2.38. The topological polar surface area (TPSA) is 49.4 Å². The summed E-state index contributed by atoms with van der Waals surface area (Å²) in [6.45, 7) is 3.43. The Morgan fingerprint density at radius 1 is 1.38 bits per heavy atom. The molecule has 0 aromatic heterocycles. The molecule has 1 atom stereocenters. The molecule has 1 N–H and O–H groups in total. The Labute approximate surface area is 136 Å². The van der Waals surface area contributed by atoms with E-state index in [4.69, 9.17) is 0 Å². The van der Waals surface area contributed by atoms with Crippen LogP contribution in [0.2, 0.25) is 0 Å². The van der Waals surface area contributed by atoms with Crippen molar-refractivity contribution >= 4 is 11.8 Å². The molecular weight excluding hydrogens is 328 g/mol. The largest absolute Gasteiger partial charge is 0.416 e. The van der Waals surface area contributed by atoms with Crippen molar-refractivity contribution < 1.29 is 27.2 Å². The maximum absolute atomic E-state index is 13.2. The minimum absolute atomic E-state index is 0.0271. The molecule has 2 amide bonds. The standard InChI is InChI=1S/C16H18F4N2O2/c1-9(2)22-8-11(6-14(22)23)15(24)21-7-10-5-12(17)3-4-13(10)16(18,19)20/h3-5,9,11H,6-8H2,1-2H3,(H,21,24)/t11-/m0/s1. The van der Waals surface area contributed by atoms with Gasteiger partial charge in [-0.1, -0.05) is 0 Å². The fourth-order valence-electron chi connectivity index (χ4n) is 2.72. The third-order valence-corrected chi connectivity index (χ3v) is 3.98. The first kappa shape index (κ1) is 18.2. The lowest BCUT2D eigenvalue weighted by atomic mass is 10.1. The number of nitrogens with one attached hydrogen (secondary N) is 1. The number of carbonyl (C=O) groups excluding carboxylic acids is 2. The SMILES string of the molecule is CC(C)N1C[C@@H](C(=O)NCc2cc(F)ccc2C(F)(F)F)CC1=O. The summed E-state index contributed by atoms with van der Waals surface area (Å²) in [4.78, 5) is 25.4. The lowest BCUT2D eigenvalue weighted by Gasteiger charge is -2.20. The van der Waals surface area contributed by atoms with Crippen LogP contribution < -0.4 is 5.32 Å². The minimum atomic E-state index is -4.63. The number of hydrogen-bond acceptors (Lipinski definition) is 2. The normalized spacial score (nSPS) is 18.4. The van der Waals surface area contributed by atoms with Crippen LogP contribution in [0.3, 0.4) is 0 Å². The Hall–Kier alpha value is -2.12. The van der Waals surface area contributed by atoms with Crippen LogP contribution in [-0.2, 0) is 22.3 Å². The second-order valence-electron chi connectivity index (χ2n) is 6.06. The van der Waals surface area contributed by atoms with Crippen molar-refractivity contribution in [2.45, 2.75) is 39.0 Å². The van der Waals surface area contributed by atoms with Crippen molar-refractivity contribution in [3.05, 3.63) is 35.1 Å². The number of amides is 2. The van der Waals surface area contributed by atoms with E-state index < -0.39 is 35.9 Å². The minimum Gasteiger partial charge on any atom is -0.352 e. The molecule has 1 aromatic rings. The van der Waals surface area contributed by atoms with Gasteiger partial charge in [0.05, 0.1) is 11.5 Å². The Balaban J connectivity index is 2.05. The van der Waals surface area contributed by atoms with Crippen LogP contribution in [0.25, 0.3) is 0 Å². The lowest BCUT2D eigenvalue weighted by molar-refractivity contribution is -0.138. The molecule has 0 spiro atoms. The van der Waals surface area contributed by atoms with E-state index in [1.165, 1.54) is 0 Å². The average molecular weight is 346 g/mol. The van der Waals surface area contributed by atoms with Crippen molar-refractivity contribution in [1.82, 2.24) is 10.2 Å². The molecule has 0 unspecified atom stereocenters. The van der Waals surface area contributed by atoms with E-state index in [-0.39, 0.29) is 30.5 Å². The fourth-order valence-corrected chi connectivity index (χ4v) is 2.72. The smallest absolute Gasteiger partial charge is 0.352 e. The zero-order valence-electron chi connectivity index (χ0n) is 13.3. The fraction of sp³-hybridized carbons (Fsp3) is 0.500. The molecule has 0 bridgehead atoms. The van der Waals surface area contributed by atoms with Gasteiger partial charge in [0.25, 0.3) is 0 Å². The van der Waals surface area contributed by atoms with Gasteiger partial charge in [0, 0.05) is 25.6 Å². The molecule has 2 rings (SSSR count). The van der Waals surface area contributed by atoms with Crippen LogP contribution >= 0.6 is 0 Å². The summed E-state index contributed by atoms with van der Waals surface area (Å²) in [6.07, 6.45) is -4.61. The van der Waals surface area contributed by atoms with E-state index in [1.54, 1.807) is 4.90 Å². The third-order valence-electron chi connectivity index (χ3n) is 3.98. The number of halogens is 4. The number of benzene rings is 1. The first-order chi connectivity index (χ1) is 11.1. The van der Waals surface area contributed by atoms with Gasteiger partial charge in [0.1, 0.15) is 5.82 Å². The number of rotatable bonds is 4. The molecule has 8 heteroatoms. The first-order valence-electron chi connectivity index (χ1n) is 7.52.